The fourth-order valence-corrected chi connectivity index (χ4v) is 3.48. The zero-order valence-electron chi connectivity index (χ0n) is 13.1. The molecule has 25 heavy (non-hydrogen) atoms. The first-order chi connectivity index (χ1) is 11.7. The second-order valence-corrected chi connectivity index (χ2v) is 6.64. The number of nitrogens with two attached hydrogens (primary N) is 1. The summed E-state index contributed by atoms with van der Waals surface area (Å²) < 4.78 is 25.4. The van der Waals surface area contributed by atoms with Crippen LogP contribution in [0.4, 0.5) is 4.39 Å². The molecule has 0 aliphatic carbocycles. The van der Waals surface area contributed by atoms with Gasteiger partial charge in [-0.3, -0.25) is 0 Å². The number of hydrogen-bond donors (Lipinski definition) is 1. The summed E-state index contributed by atoms with van der Waals surface area (Å²) in [4.78, 5) is 12.4. The smallest absolute Gasteiger partial charge is 0.338 e. The molecule has 0 fully saturated rings. The SMILES string of the molecule is CCOC(=O)C1=C(C)OC(N)=C(C#N)C1c1c(Cl)cc(Br)c(Cl)c1F. The summed E-state index contributed by atoms with van der Waals surface area (Å²) in [5.41, 5.74) is 5.38. The highest BCUT2D eigenvalue weighted by Crippen LogP contribution is 2.45. The van der Waals surface area contributed by atoms with Crippen molar-refractivity contribution >= 4 is 45.1 Å². The Morgan fingerprint density at radius 3 is 2.76 bits per heavy atom. The Labute approximate surface area is 161 Å². The summed E-state index contributed by atoms with van der Waals surface area (Å²) in [6.45, 7) is 3.17. The number of benzene rings is 1. The molecule has 0 bridgehead atoms. The van der Waals surface area contributed by atoms with Gasteiger partial charge in [0.1, 0.15) is 23.2 Å². The van der Waals surface area contributed by atoms with Crippen LogP contribution in [0.3, 0.4) is 0 Å². The van der Waals surface area contributed by atoms with E-state index >= 15 is 0 Å². The van der Waals surface area contributed by atoms with Crippen molar-refractivity contribution in [1.29, 1.82) is 5.26 Å². The Bertz CT molecular complexity index is 862. The fraction of sp³-hybridized carbons (Fsp3) is 0.250. The molecule has 0 spiro atoms. The lowest BCUT2D eigenvalue weighted by Gasteiger charge is -2.28. The minimum atomic E-state index is -1.20. The number of rotatable bonds is 3. The zero-order chi connectivity index (χ0) is 18.9. The lowest BCUT2D eigenvalue weighted by molar-refractivity contribution is -0.139. The van der Waals surface area contributed by atoms with Gasteiger partial charge in [-0.2, -0.15) is 5.26 Å². The van der Waals surface area contributed by atoms with Crippen molar-refractivity contribution in [3.05, 3.63) is 54.8 Å². The van der Waals surface area contributed by atoms with Crippen molar-refractivity contribution < 1.29 is 18.7 Å². The van der Waals surface area contributed by atoms with E-state index in [4.69, 9.17) is 38.4 Å². The van der Waals surface area contributed by atoms with Gasteiger partial charge in [-0.25, -0.2) is 9.18 Å². The highest BCUT2D eigenvalue weighted by Gasteiger charge is 2.39. The molecular weight excluding hydrogens is 438 g/mol. The van der Waals surface area contributed by atoms with Crippen LogP contribution in [-0.4, -0.2) is 12.6 Å². The number of hydrogen-bond acceptors (Lipinski definition) is 5. The molecule has 1 aliphatic heterocycles. The van der Waals surface area contributed by atoms with E-state index in [9.17, 15) is 14.4 Å². The first kappa shape index (κ1) is 19.6. The van der Waals surface area contributed by atoms with Crippen molar-refractivity contribution in [3.63, 3.8) is 0 Å². The van der Waals surface area contributed by atoms with Crippen LogP contribution in [0.25, 0.3) is 0 Å². The average Bonchev–Trinajstić information content (AvgIpc) is 2.53. The molecule has 9 heteroatoms. The van der Waals surface area contributed by atoms with Crippen LogP contribution in [0.2, 0.25) is 10.0 Å². The summed E-state index contributed by atoms with van der Waals surface area (Å²) in [6, 6.07) is 3.22. The van der Waals surface area contributed by atoms with Crippen LogP contribution in [0.5, 0.6) is 0 Å². The molecule has 0 radical (unpaired) electrons. The maximum absolute atomic E-state index is 14.9. The van der Waals surface area contributed by atoms with Crippen LogP contribution in [-0.2, 0) is 14.3 Å². The second-order valence-electron chi connectivity index (χ2n) is 5.00. The molecule has 1 atom stereocenters. The van der Waals surface area contributed by atoms with Crippen molar-refractivity contribution in [2.24, 2.45) is 5.73 Å². The molecule has 0 aromatic heterocycles. The number of carbonyl (C=O) groups is 1. The Morgan fingerprint density at radius 2 is 2.20 bits per heavy atom. The predicted molar refractivity (Wildman–Crippen MR) is 94.1 cm³/mol. The third-order valence-electron chi connectivity index (χ3n) is 3.54. The van der Waals surface area contributed by atoms with Gasteiger partial charge in [0, 0.05) is 15.1 Å². The highest BCUT2D eigenvalue weighted by molar-refractivity contribution is 9.10. The molecule has 1 aromatic carbocycles. The van der Waals surface area contributed by atoms with Crippen molar-refractivity contribution in [3.8, 4) is 6.07 Å². The van der Waals surface area contributed by atoms with Gasteiger partial charge in [0.2, 0.25) is 5.88 Å². The van der Waals surface area contributed by atoms with Gasteiger partial charge in [0.15, 0.2) is 0 Å². The summed E-state index contributed by atoms with van der Waals surface area (Å²) in [6.07, 6.45) is 0. The van der Waals surface area contributed by atoms with Crippen molar-refractivity contribution in [2.75, 3.05) is 6.61 Å². The Hall–Kier alpha value is -1.75. The van der Waals surface area contributed by atoms with Gasteiger partial charge in [-0.15, -0.1) is 0 Å². The van der Waals surface area contributed by atoms with E-state index in [1.54, 1.807) is 6.92 Å². The maximum atomic E-state index is 14.9. The summed E-state index contributed by atoms with van der Waals surface area (Å²) in [5, 5.41) is 9.20. The standard InChI is InChI=1S/C16H12BrCl2FN2O3/c1-3-24-16(23)10-6(2)25-15(22)7(5-21)11(10)12-9(18)4-8(17)13(19)14(12)20/h4,11H,3,22H2,1-2H3. The summed E-state index contributed by atoms with van der Waals surface area (Å²) >= 11 is 15.2. The molecule has 2 rings (SSSR count). The normalized spacial score (nSPS) is 17.2. The third-order valence-corrected chi connectivity index (χ3v) is 5.08. The maximum Gasteiger partial charge on any atom is 0.338 e. The molecule has 5 nitrogen and oxygen atoms in total. The lowest BCUT2D eigenvalue weighted by atomic mass is 9.82. The number of ether oxygens (including phenoxy) is 2. The first-order valence-corrected chi connectivity index (χ1v) is 8.57. The number of esters is 1. The molecule has 1 aliphatic rings. The van der Waals surface area contributed by atoms with Crippen LogP contribution in [0.1, 0.15) is 25.3 Å². The molecule has 1 aromatic rings. The number of allylic oxidation sites excluding steroid dienone is 2. The Kier molecular flexibility index (Phi) is 5.99. The van der Waals surface area contributed by atoms with E-state index in [0.29, 0.717) is 0 Å². The minimum absolute atomic E-state index is 0.0316. The van der Waals surface area contributed by atoms with E-state index in [1.807, 2.05) is 6.07 Å². The average molecular weight is 450 g/mol. The van der Waals surface area contributed by atoms with Crippen LogP contribution in [0, 0.1) is 17.1 Å². The minimum Gasteiger partial charge on any atom is -0.463 e. The second kappa shape index (κ2) is 7.65. The number of nitrogens with zero attached hydrogens (tertiary/aromatic N) is 1. The molecule has 0 amide bonds. The van der Waals surface area contributed by atoms with Crippen LogP contribution >= 0.6 is 39.1 Å². The largest absolute Gasteiger partial charge is 0.463 e. The summed E-state index contributed by atoms with van der Waals surface area (Å²) in [7, 11) is 0. The van der Waals surface area contributed by atoms with E-state index < -0.39 is 17.7 Å². The predicted octanol–water partition coefficient (Wildman–Crippen LogP) is 4.54. The van der Waals surface area contributed by atoms with Gasteiger partial charge in [-0.1, -0.05) is 23.2 Å². The number of nitriles is 1. The third kappa shape index (κ3) is 3.47. The van der Waals surface area contributed by atoms with Gasteiger partial charge >= 0.3 is 5.97 Å². The van der Waals surface area contributed by atoms with Gasteiger partial charge in [0.25, 0.3) is 0 Å². The monoisotopic (exact) mass is 448 g/mol. The van der Waals surface area contributed by atoms with Crippen molar-refractivity contribution in [1.82, 2.24) is 0 Å². The quantitative estimate of drug-likeness (QED) is 0.416. The molecule has 1 heterocycles. The molecule has 0 saturated carbocycles. The number of halogens is 4. The molecule has 2 N–H and O–H groups in total. The fourth-order valence-electron chi connectivity index (χ4n) is 2.49. The summed E-state index contributed by atoms with van der Waals surface area (Å²) in [5.74, 6) is -2.99. The van der Waals surface area contributed by atoms with Gasteiger partial charge in [-0.05, 0) is 35.8 Å². The molecule has 1 unspecified atom stereocenters. The molecule has 0 saturated heterocycles. The first-order valence-electron chi connectivity index (χ1n) is 7.02. The highest BCUT2D eigenvalue weighted by atomic mass is 79.9. The molecule has 132 valence electrons. The molecular formula is C16H12BrCl2FN2O3. The Morgan fingerprint density at radius 1 is 1.56 bits per heavy atom. The van der Waals surface area contributed by atoms with Gasteiger partial charge < -0.3 is 15.2 Å². The number of carbonyl (C=O) groups excluding carboxylic acids is 1. The lowest BCUT2D eigenvalue weighted by Crippen LogP contribution is -2.26. The topological polar surface area (TPSA) is 85.3 Å². The van der Waals surface area contributed by atoms with E-state index in [2.05, 4.69) is 15.9 Å². The Balaban J connectivity index is 2.81. The van der Waals surface area contributed by atoms with Gasteiger partial charge in [0.05, 0.1) is 23.1 Å². The zero-order valence-corrected chi connectivity index (χ0v) is 16.2. The van der Waals surface area contributed by atoms with Crippen molar-refractivity contribution in [2.45, 2.75) is 19.8 Å². The van der Waals surface area contributed by atoms with E-state index in [-0.39, 0.29) is 49.5 Å². The van der Waals surface area contributed by atoms with Crippen LogP contribution < -0.4 is 5.73 Å². The van der Waals surface area contributed by atoms with E-state index in [1.165, 1.54) is 13.0 Å². The van der Waals surface area contributed by atoms with E-state index in [0.717, 1.165) is 0 Å². The van der Waals surface area contributed by atoms with Crippen LogP contribution in [0.15, 0.2) is 33.3 Å².